The topological polar surface area (TPSA) is 34.2 Å². The van der Waals surface area contributed by atoms with Crippen molar-refractivity contribution in [1.29, 1.82) is 0 Å². The lowest BCUT2D eigenvalue weighted by Crippen LogP contribution is -2.32. The van der Waals surface area contributed by atoms with Gasteiger partial charge in [0.1, 0.15) is 0 Å². The molecule has 0 aromatic carbocycles. The third-order valence-electron chi connectivity index (χ3n) is 3.81. The quantitative estimate of drug-likeness (QED) is 0.899. The molecule has 1 aromatic heterocycles. The number of fused-ring (bicyclic) bond motifs is 1. The number of thiazole rings is 1. The normalized spacial score (nSPS) is 23.1. The molecule has 1 aliphatic carbocycles. The van der Waals surface area contributed by atoms with E-state index in [1.165, 1.54) is 22.0 Å². The number of rotatable bonds is 5. The minimum atomic E-state index is 0.248. The molecule has 0 bridgehead atoms. The molecule has 4 heteroatoms. The van der Waals surface area contributed by atoms with Gasteiger partial charge >= 0.3 is 0 Å². The van der Waals surface area contributed by atoms with Crippen molar-refractivity contribution in [1.82, 2.24) is 10.3 Å². The van der Waals surface area contributed by atoms with Crippen molar-refractivity contribution in [2.24, 2.45) is 5.41 Å². The monoisotopic (exact) mass is 282 g/mol. The first-order valence-corrected chi connectivity index (χ1v) is 8.01. The van der Waals surface area contributed by atoms with Gasteiger partial charge in [0.2, 0.25) is 0 Å². The summed E-state index contributed by atoms with van der Waals surface area (Å²) in [5.41, 5.74) is 1.66. The second-order valence-electron chi connectivity index (χ2n) is 6.32. The second kappa shape index (κ2) is 5.90. The van der Waals surface area contributed by atoms with Crippen molar-refractivity contribution >= 4 is 11.3 Å². The SMILES string of the molecule is CCNC1CC(C)(C)Cc2nc(CC(C)OC)sc21. The Balaban J connectivity index is 2.23. The van der Waals surface area contributed by atoms with Crippen molar-refractivity contribution in [3.8, 4) is 0 Å². The lowest BCUT2D eigenvalue weighted by Gasteiger charge is -2.34. The van der Waals surface area contributed by atoms with Gasteiger partial charge in [-0.05, 0) is 31.7 Å². The molecule has 1 heterocycles. The van der Waals surface area contributed by atoms with E-state index in [1.807, 2.05) is 11.3 Å². The van der Waals surface area contributed by atoms with Crippen LogP contribution in [0, 0.1) is 5.41 Å². The lowest BCUT2D eigenvalue weighted by molar-refractivity contribution is 0.118. The van der Waals surface area contributed by atoms with Crippen LogP contribution in [0.25, 0.3) is 0 Å². The van der Waals surface area contributed by atoms with Gasteiger partial charge in [0.25, 0.3) is 0 Å². The fourth-order valence-corrected chi connectivity index (χ4v) is 4.08. The summed E-state index contributed by atoms with van der Waals surface area (Å²) in [6.45, 7) is 9.98. The molecule has 108 valence electrons. The van der Waals surface area contributed by atoms with Crippen LogP contribution in [0.5, 0.6) is 0 Å². The molecule has 1 aliphatic rings. The summed E-state index contributed by atoms with van der Waals surface area (Å²) in [6, 6.07) is 0.479. The Hall–Kier alpha value is -0.450. The second-order valence-corrected chi connectivity index (χ2v) is 7.44. The molecule has 2 atom stereocenters. The molecule has 1 aromatic rings. The number of hydrogen-bond acceptors (Lipinski definition) is 4. The third kappa shape index (κ3) is 3.56. The Kier molecular flexibility index (Phi) is 4.64. The zero-order chi connectivity index (χ0) is 14.0. The molecule has 0 aliphatic heterocycles. The van der Waals surface area contributed by atoms with E-state index in [0.29, 0.717) is 11.5 Å². The van der Waals surface area contributed by atoms with Gasteiger partial charge in [-0.3, -0.25) is 0 Å². The van der Waals surface area contributed by atoms with Crippen LogP contribution in [-0.2, 0) is 17.6 Å². The molecule has 3 nitrogen and oxygen atoms in total. The number of ether oxygens (including phenoxy) is 1. The van der Waals surface area contributed by atoms with E-state index in [1.54, 1.807) is 7.11 Å². The molecular formula is C15H26N2OS. The summed E-state index contributed by atoms with van der Waals surface area (Å²) in [5, 5.41) is 4.84. The van der Waals surface area contributed by atoms with Crippen LogP contribution in [0.15, 0.2) is 0 Å². The zero-order valence-electron chi connectivity index (χ0n) is 12.7. The van der Waals surface area contributed by atoms with Gasteiger partial charge in [-0.25, -0.2) is 4.98 Å². The molecule has 0 amide bonds. The Morgan fingerprint density at radius 2 is 2.26 bits per heavy atom. The van der Waals surface area contributed by atoms with Crippen LogP contribution in [-0.4, -0.2) is 24.7 Å². The van der Waals surface area contributed by atoms with Gasteiger partial charge in [0.15, 0.2) is 0 Å². The van der Waals surface area contributed by atoms with E-state index in [4.69, 9.17) is 9.72 Å². The average Bonchev–Trinajstić information content (AvgIpc) is 2.70. The molecule has 0 radical (unpaired) electrons. The van der Waals surface area contributed by atoms with Gasteiger partial charge in [0.05, 0.1) is 16.8 Å². The Morgan fingerprint density at radius 1 is 1.53 bits per heavy atom. The van der Waals surface area contributed by atoms with Gasteiger partial charge < -0.3 is 10.1 Å². The molecule has 0 fully saturated rings. The van der Waals surface area contributed by atoms with Crippen LogP contribution < -0.4 is 5.32 Å². The molecule has 2 unspecified atom stereocenters. The van der Waals surface area contributed by atoms with Gasteiger partial charge in [-0.2, -0.15) is 0 Å². The summed E-state index contributed by atoms with van der Waals surface area (Å²) in [5.74, 6) is 0. The first-order chi connectivity index (χ1) is 8.95. The molecule has 2 rings (SSSR count). The molecule has 1 N–H and O–H groups in total. The van der Waals surface area contributed by atoms with E-state index in [9.17, 15) is 0 Å². The number of nitrogens with one attached hydrogen (secondary N) is 1. The van der Waals surface area contributed by atoms with Crippen molar-refractivity contribution in [2.75, 3.05) is 13.7 Å². The Bertz CT molecular complexity index is 428. The first kappa shape index (κ1) is 14.9. The van der Waals surface area contributed by atoms with Crippen LogP contribution in [0.4, 0.5) is 0 Å². The van der Waals surface area contributed by atoms with E-state index < -0.39 is 0 Å². The van der Waals surface area contributed by atoms with E-state index in [2.05, 4.69) is 33.0 Å². The minimum absolute atomic E-state index is 0.248. The fraction of sp³-hybridized carbons (Fsp3) is 0.800. The van der Waals surface area contributed by atoms with E-state index in [-0.39, 0.29) is 6.10 Å². The fourth-order valence-electron chi connectivity index (χ4n) is 2.81. The molecule has 0 saturated heterocycles. The standard InChI is InChI=1S/C15H26N2OS/c1-6-16-11-8-15(3,4)9-12-14(11)19-13(17-12)7-10(2)18-5/h10-11,16H,6-9H2,1-5H3. The van der Waals surface area contributed by atoms with Crippen LogP contribution in [0.1, 0.15) is 55.7 Å². The predicted octanol–water partition coefficient (Wildman–Crippen LogP) is 3.34. The summed E-state index contributed by atoms with van der Waals surface area (Å²) in [7, 11) is 1.77. The number of aromatic nitrogens is 1. The van der Waals surface area contributed by atoms with Gasteiger partial charge in [-0.15, -0.1) is 11.3 Å². The van der Waals surface area contributed by atoms with Crippen molar-refractivity contribution in [2.45, 2.75) is 59.1 Å². The maximum Gasteiger partial charge on any atom is 0.0957 e. The molecule has 0 spiro atoms. The molecule has 0 saturated carbocycles. The summed E-state index contributed by atoms with van der Waals surface area (Å²) >= 11 is 1.87. The number of methoxy groups -OCH3 is 1. The maximum atomic E-state index is 5.35. The third-order valence-corrected chi connectivity index (χ3v) is 5.04. The summed E-state index contributed by atoms with van der Waals surface area (Å²) in [4.78, 5) is 6.32. The average molecular weight is 282 g/mol. The molecule has 19 heavy (non-hydrogen) atoms. The highest BCUT2D eigenvalue weighted by atomic mass is 32.1. The largest absolute Gasteiger partial charge is 0.381 e. The summed E-state index contributed by atoms with van der Waals surface area (Å²) < 4.78 is 5.35. The van der Waals surface area contributed by atoms with Crippen LogP contribution >= 0.6 is 11.3 Å². The number of nitrogens with zero attached hydrogens (tertiary/aromatic N) is 1. The van der Waals surface area contributed by atoms with Crippen molar-refractivity contribution in [3.63, 3.8) is 0 Å². The Labute approximate surface area is 120 Å². The van der Waals surface area contributed by atoms with Gasteiger partial charge in [-0.1, -0.05) is 20.8 Å². The van der Waals surface area contributed by atoms with Gasteiger partial charge in [0, 0.05) is 24.4 Å². The highest BCUT2D eigenvalue weighted by Crippen LogP contribution is 2.43. The summed E-state index contributed by atoms with van der Waals surface area (Å²) in [6.07, 6.45) is 3.48. The Morgan fingerprint density at radius 3 is 2.89 bits per heavy atom. The predicted molar refractivity (Wildman–Crippen MR) is 80.8 cm³/mol. The highest BCUT2D eigenvalue weighted by molar-refractivity contribution is 7.11. The number of hydrogen-bond donors (Lipinski definition) is 1. The van der Waals surface area contributed by atoms with E-state index in [0.717, 1.165) is 19.4 Å². The van der Waals surface area contributed by atoms with Crippen molar-refractivity contribution in [3.05, 3.63) is 15.6 Å². The minimum Gasteiger partial charge on any atom is -0.381 e. The van der Waals surface area contributed by atoms with E-state index >= 15 is 0 Å². The smallest absolute Gasteiger partial charge is 0.0957 e. The maximum absolute atomic E-state index is 5.35. The first-order valence-electron chi connectivity index (χ1n) is 7.20. The zero-order valence-corrected chi connectivity index (χ0v) is 13.6. The van der Waals surface area contributed by atoms with Crippen molar-refractivity contribution < 1.29 is 4.74 Å². The molecular weight excluding hydrogens is 256 g/mol. The van der Waals surface area contributed by atoms with Crippen LogP contribution in [0.2, 0.25) is 0 Å². The highest BCUT2D eigenvalue weighted by Gasteiger charge is 2.34. The lowest BCUT2D eigenvalue weighted by atomic mass is 9.76. The van der Waals surface area contributed by atoms with Crippen LogP contribution in [0.3, 0.4) is 0 Å².